The molecule has 5 rings (SSSR count). The Kier molecular flexibility index (Phi) is 4.27. The smallest absolute Gasteiger partial charge is 0.264 e. The third-order valence-corrected chi connectivity index (χ3v) is 6.82. The molecule has 29 heavy (non-hydrogen) atoms. The first-order valence-corrected chi connectivity index (χ1v) is 11.4. The Hall–Kier alpha value is -2.94. The van der Waals surface area contributed by atoms with E-state index in [1.165, 1.54) is 0 Å². The predicted octanol–water partition coefficient (Wildman–Crippen LogP) is 3.66. The number of carbonyl (C=O) groups excluding carboxylic acids is 1. The van der Waals surface area contributed by atoms with Gasteiger partial charge in [0.25, 0.3) is 5.91 Å². The third-order valence-electron chi connectivity index (χ3n) is 5.84. The van der Waals surface area contributed by atoms with Crippen molar-refractivity contribution >= 4 is 45.1 Å². The van der Waals surface area contributed by atoms with Crippen molar-refractivity contribution < 1.29 is 4.79 Å². The van der Waals surface area contributed by atoms with Crippen LogP contribution in [0.3, 0.4) is 0 Å². The summed E-state index contributed by atoms with van der Waals surface area (Å²) in [4.78, 5) is 23.1. The van der Waals surface area contributed by atoms with Crippen LogP contribution in [0.15, 0.2) is 41.4 Å². The molecule has 150 valence electrons. The topological polar surface area (TPSA) is 108 Å². The van der Waals surface area contributed by atoms with Crippen molar-refractivity contribution in [1.29, 1.82) is 4.78 Å². The van der Waals surface area contributed by atoms with Gasteiger partial charge in [0.05, 0.1) is 0 Å². The minimum absolute atomic E-state index is 0.0104. The van der Waals surface area contributed by atoms with E-state index in [4.69, 9.17) is 9.76 Å². The molecule has 1 amide bonds. The van der Waals surface area contributed by atoms with Crippen molar-refractivity contribution in [3.63, 3.8) is 0 Å². The largest absolute Gasteiger partial charge is 0.324 e. The molecule has 2 aliphatic rings. The van der Waals surface area contributed by atoms with Gasteiger partial charge in [0.1, 0.15) is 17.0 Å². The number of aromatic nitrogens is 3. The zero-order chi connectivity index (χ0) is 20.0. The number of benzene rings is 1. The lowest BCUT2D eigenvalue weighted by molar-refractivity contribution is -0.131. The van der Waals surface area contributed by atoms with E-state index in [1.807, 2.05) is 36.6 Å². The lowest BCUT2D eigenvalue weighted by Gasteiger charge is -2.41. The molecule has 1 spiro atoms. The number of carbonyl (C=O) groups is 1. The van der Waals surface area contributed by atoms with E-state index in [0.717, 1.165) is 59.5 Å². The average Bonchev–Trinajstić information content (AvgIpc) is 3.11. The van der Waals surface area contributed by atoms with E-state index in [-0.39, 0.29) is 5.91 Å². The average molecular weight is 410 g/mol. The highest BCUT2D eigenvalue weighted by atomic mass is 32.2. The van der Waals surface area contributed by atoms with Crippen molar-refractivity contribution in [3.05, 3.63) is 36.5 Å². The molecular formula is C20H23N7OS. The number of amides is 1. The first-order chi connectivity index (χ1) is 14.1. The molecule has 1 aromatic carbocycles. The van der Waals surface area contributed by atoms with Crippen LogP contribution in [-0.4, -0.2) is 26.7 Å². The summed E-state index contributed by atoms with van der Waals surface area (Å²) in [7, 11) is -0.516. The van der Waals surface area contributed by atoms with Crippen LogP contribution < -0.4 is 16.2 Å². The van der Waals surface area contributed by atoms with Gasteiger partial charge < -0.3 is 5.32 Å². The van der Waals surface area contributed by atoms with Gasteiger partial charge in [0, 0.05) is 22.2 Å². The van der Waals surface area contributed by atoms with E-state index in [9.17, 15) is 4.79 Å². The maximum Gasteiger partial charge on any atom is 0.264 e. The number of fused-ring (bicyclic) bond motifs is 4. The van der Waals surface area contributed by atoms with Gasteiger partial charge in [-0.2, -0.15) is 4.98 Å². The van der Waals surface area contributed by atoms with Crippen molar-refractivity contribution in [3.8, 4) is 0 Å². The van der Waals surface area contributed by atoms with Crippen LogP contribution in [0.2, 0.25) is 0 Å². The predicted molar refractivity (Wildman–Crippen MR) is 114 cm³/mol. The Morgan fingerprint density at radius 3 is 2.66 bits per heavy atom. The van der Waals surface area contributed by atoms with Crippen LogP contribution in [0.25, 0.3) is 11.0 Å². The van der Waals surface area contributed by atoms with E-state index in [0.29, 0.717) is 5.95 Å². The molecule has 8 nitrogen and oxygen atoms in total. The van der Waals surface area contributed by atoms with E-state index in [1.54, 1.807) is 6.20 Å². The van der Waals surface area contributed by atoms with Crippen molar-refractivity contribution in [1.82, 2.24) is 20.0 Å². The first-order valence-electron chi connectivity index (χ1n) is 9.76. The molecule has 4 N–H and O–H groups in total. The van der Waals surface area contributed by atoms with Crippen LogP contribution >= 0.6 is 0 Å². The highest BCUT2D eigenvalue weighted by Gasteiger charge is 2.46. The number of hydrogen-bond acceptors (Lipinski definition) is 6. The molecule has 1 aliphatic carbocycles. The molecule has 2 aromatic heterocycles. The van der Waals surface area contributed by atoms with Gasteiger partial charge in [-0.1, -0.05) is 30.0 Å². The van der Waals surface area contributed by atoms with Gasteiger partial charge in [0.15, 0.2) is 0 Å². The number of rotatable bonds is 3. The summed E-state index contributed by atoms with van der Waals surface area (Å²) in [5.41, 5.74) is 6.90. The molecule has 3 heterocycles. The number of nitrogens with one attached hydrogen (secondary N) is 4. The fraction of sp³-hybridized carbons (Fsp3) is 0.350. The number of nitrogens with zero attached hydrogens (tertiary/aromatic N) is 3. The van der Waals surface area contributed by atoms with Crippen molar-refractivity contribution in [2.24, 2.45) is 0 Å². The SMILES string of the molecule is CS(=N)c1ccc(Nc2ncc3cc4n(c3n2)C2(CCCCC2)C(=O)NN4)cc1. The second kappa shape index (κ2) is 6.84. The Bertz CT molecular complexity index is 1120. The summed E-state index contributed by atoms with van der Waals surface area (Å²) in [6, 6.07) is 9.75. The standard InChI is InChI=1S/C20H23N7OS/c1-29(21)15-7-5-14(6-8-15)23-19-22-12-13-11-16-25-26-18(28)20(9-3-2-4-10-20)27(16)17(13)24-19/h5-8,11-12,21,25H,2-4,9-10H2,1H3,(H,26,28)(H,22,23,24). The van der Waals surface area contributed by atoms with Gasteiger partial charge in [0.2, 0.25) is 5.95 Å². The summed E-state index contributed by atoms with van der Waals surface area (Å²) >= 11 is 0. The second-order valence-electron chi connectivity index (χ2n) is 7.67. The summed E-state index contributed by atoms with van der Waals surface area (Å²) in [6.45, 7) is 0. The molecule has 0 radical (unpaired) electrons. The molecule has 1 unspecified atom stereocenters. The quantitative estimate of drug-likeness (QED) is 0.528. The second-order valence-corrected chi connectivity index (χ2v) is 9.16. The molecule has 1 saturated carbocycles. The van der Waals surface area contributed by atoms with E-state index < -0.39 is 16.2 Å². The zero-order valence-corrected chi connectivity index (χ0v) is 17.0. The van der Waals surface area contributed by atoms with Gasteiger partial charge in [-0.05, 0) is 49.4 Å². The Morgan fingerprint density at radius 1 is 1.17 bits per heavy atom. The van der Waals surface area contributed by atoms with Crippen molar-refractivity contribution in [2.45, 2.75) is 42.5 Å². The molecule has 1 atom stereocenters. The minimum atomic E-state index is -0.584. The lowest BCUT2D eigenvalue weighted by Crippen LogP contribution is -2.55. The van der Waals surface area contributed by atoms with Crippen LogP contribution in [0.5, 0.6) is 0 Å². The summed E-state index contributed by atoms with van der Waals surface area (Å²) in [5.74, 6) is 1.35. The van der Waals surface area contributed by atoms with Gasteiger partial charge in [-0.3, -0.25) is 25.0 Å². The van der Waals surface area contributed by atoms with Crippen LogP contribution in [0.1, 0.15) is 32.1 Å². The van der Waals surface area contributed by atoms with Crippen molar-refractivity contribution in [2.75, 3.05) is 17.0 Å². The number of hydrogen-bond donors (Lipinski definition) is 4. The summed E-state index contributed by atoms with van der Waals surface area (Å²) < 4.78 is 9.89. The molecule has 3 aromatic rings. The zero-order valence-electron chi connectivity index (χ0n) is 16.2. The van der Waals surface area contributed by atoms with Crippen LogP contribution in [0, 0.1) is 4.78 Å². The van der Waals surface area contributed by atoms with Gasteiger partial charge in [-0.25, -0.2) is 4.98 Å². The maximum atomic E-state index is 12.9. The van der Waals surface area contributed by atoms with Crippen LogP contribution in [-0.2, 0) is 21.0 Å². The van der Waals surface area contributed by atoms with Gasteiger partial charge in [-0.15, -0.1) is 0 Å². The first kappa shape index (κ1) is 18.1. The fourth-order valence-corrected chi connectivity index (χ4v) is 4.92. The molecule has 9 heteroatoms. The molecule has 1 fully saturated rings. The molecular weight excluding hydrogens is 386 g/mol. The Balaban J connectivity index is 1.55. The maximum absolute atomic E-state index is 12.9. The third kappa shape index (κ3) is 2.96. The monoisotopic (exact) mass is 409 g/mol. The van der Waals surface area contributed by atoms with Crippen LogP contribution in [0.4, 0.5) is 17.5 Å². The van der Waals surface area contributed by atoms with E-state index in [2.05, 4.69) is 25.7 Å². The lowest BCUT2D eigenvalue weighted by atomic mass is 9.80. The number of anilines is 3. The Labute approximate surface area is 171 Å². The highest BCUT2D eigenvalue weighted by Crippen LogP contribution is 2.42. The van der Waals surface area contributed by atoms with Gasteiger partial charge >= 0.3 is 0 Å². The molecule has 1 aliphatic heterocycles. The minimum Gasteiger partial charge on any atom is -0.324 e. The normalized spacial score (nSPS) is 18.7. The number of hydrazine groups is 1. The highest BCUT2D eigenvalue weighted by molar-refractivity contribution is 7.85. The molecule has 0 saturated heterocycles. The fourth-order valence-electron chi connectivity index (χ4n) is 4.37. The Morgan fingerprint density at radius 2 is 1.93 bits per heavy atom. The summed E-state index contributed by atoms with van der Waals surface area (Å²) in [6.07, 6.45) is 8.52. The summed E-state index contributed by atoms with van der Waals surface area (Å²) in [5, 5.41) is 4.15. The van der Waals surface area contributed by atoms with E-state index >= 15 is 0 Å². The molecule has 0 bridgehead atoms.